The number of thiophene rings is 1. The first-order valence-electron chi connectivity index (χ1n) is 8.91. The molecule has 0 radical (unpaired) electrons. The van der Waals surface area contributed by atoms with Crippen molar-refractivity contribution >= 4 is 33.0 Å². The normalized spacial score (nSPS) is 12.7. The van der Waals surface area contributed by atoms with Gasteiger partial charge in [-0.05, 0) is 35.9 Å². The molecule has 148 valence electrons. The zero-order chi connectivity index (χ0) is 19.9. The summed E-state index contributed by atoms with van der Waals surface area (Å²) in [6.07, 6.45) is 0.764. The molecular formula is C19H27N3O3S2. The van der Waals surface area contributed by atoms with Gasteiger partial charge in [0.05, 0.1) is 0 Å². The first-order chi connectivity index (χ1) is 12.8. The number of hydrogen-bond acceptors (Lipinski definition) is 5. The summed E-state index contributed by atoms with van der Waals surface area (Å²) in [6, 6.07) is 12.4. The van der Waals surface area contributed by atoms with E-state index in [0.717, 1.165) is 30.0 Å². The van der Waals surface area contributed by atoms with Crippen LogP contribution in [0.25, 0.3) is 0 Å². The largest absolute Gasteiger partial charge is 0.375 e. The van der Waals surface area contributed by atoms with Gasteiger partial charge in [0.1, 0.15) is 10.3 Å². The molecule has 6 nitrogen and oxygen atoms in total. The Morgan fingerprint density at radius 3 is 2.44 bits per heavy atom. The van der Waals surface area contributed by atoms with Gasteiger partial charge in [0, 0.05) is 25.8 Å². The average molecular weight is 410 g/mol. The molecule has 1 amide bonds. The molecule has 0 spiro atoms. The van der Waals surface area contributed by atoms with Crippen LogP contribution in [0.3, 0.4) is 0 Å². The fourth-order valence-corrected chi connectivity index (χ4v) is 4.94. The molecule has 0 bridgehead atoms. The van der Waals surface area contributed by atoms with Gasteiger partial charge in [-0.25, -0.2) is 8.42 Å². The molecule has 0 aliphatic heterocycles. The molecule has 0 saturated carbocycles. The number of rotatable bonds is 10. The van der Waals surface area contributed by atoms with Gasteiger partial charge in [-0.2, -0.15) is 4.72 Å². The van der Waals surface area contributed by atoms with Crippen molar-refractivity contribution in [1.29, 1.82) is 0 Å². The highest BCUT2D eigenvalue weighted by Gasteiger charge is 2.28. The van der Waals surface area contributed by atoms with Gasteiger partial charge in [-0.3, -0.25) is 4.79 Å². The van der Waals surface area contributed by atoms with Crippen LogP contribution in [0.2, 0.25) is 0 Å². The second kappa shape index (κ2) is 9.87. The summed E-state index contributed by atoms with van der Waals surface area (Å²) >= 11 is 1.13. The highest BCUT2D eigenvalue weighted by atomic mass is 32.2. The van der Waals surface area contributed by atoms with Gasteiger partial charge < -0.3 is 10.2 Å². The zero-order valence-electron chi connectivity index (χ0n) is 15.9. The molecule has 2 rings (SSSR count). The molecule has 1 unspecified atom stereocenters. The maximum Gasteiger partial charge on any atom is 0.250 e. The minimum atomic E-state index is -3.69. The van der Waals surface area contributed by atoms with E-state index in [9.17, 15) is 13.2 Å². The Bertz CT molecular complexity index is 806. The molecule has 0 aliphatic rings. The lowest BCUT2D eigenvalue weighted by atomic mass is 10.1. The van der Waals surface area contributed by atoms with Crippen molar-refractivity contribution in [2.45, 2.75) is 30.5 Å². The van der Waals surface area contributed by atoms with Gasteiger partial charge in [0.15, 0.2) is 0 Å². The number of nitrogens with zero attached hydrogens (tertiary/aromatic N) is 1. The molecule has 1 atom stereocenters. The number of carbonyl (C=O) groups is 1. The predicted molar refractivity (Wildman–Crippen MR) is 111 cm³/mol. The topological polar surface area (TPSA) is 78.5 Å². The average Bonchev–Trinajstić information content (AvgIpc) is 3.19. The summed E-state index contributed by atoms with van der Waals surface area (Å²) in [5.74, 6) is -0.459. The molecule has 8 heteroatoms. The number of nitrogens with one attached hydrogen (secondary N) is 2. The van der Waals surface area contributed by atoms with Gasteiger partial charge in [-0.1, -0.05) is 38.1 Å². The Balaban J connectivity index is 1.84. The van der Waals surface area contributed by atoms with Crippen molar-refractivity contribution in [3.63, 3.8) is 0 Å². The van der Waals surface area contributed by atoms with E-state index >= 15 is 0 Å². The van der Waals surface area contributed by atoms with E-state index in [-0.39, 0.29) is 16.0 Å². The van der Waals surface area contributed by atoms with Crippen molar-refractivity contribution < 1.29 is 13.2 Å². The smallest absolute Gasteiger partial charge is 0.250 e. The third-order valence-electron chi connectivity index (χ3n) is 4.16. The van der Waals surface area contributed by atoms with Crippen LogP contribution in [0.15, 0.2) is 52.1 Å². The van der Waals surface area contributed by atoms with Crippen LogP contribution in [-0.2, 0) is 14.8 Å². The predicted octanol–water partition coefficient (Wildman–Crippen LogP) is 2.69. The van der Waals surface area contributed by atoms with Gasteiger partial charge in [0.2, 0.25) is 5.91 Å². The van der Waals surface area contributed by atoms with Crippen molar-refractivity contribution in [2.75, 3.05) is 25.0 Å². The maximum atomic E-state index is 12.5. The third-order valence-corrected chi connectivity index (χ3v) is 7.00. The number of hydrogen-bond donors (Lipinski definition) is 2. The maximum absolute atomic E-state index is 12.5. The second-order valence-corrected chi connectivity index (χ2v) is 9.57. The van der Waals surface area contributed by atoms with Crippen molar-refractivity contribution in [3.8, 4) is 0 Å². The summed E-state index contributed by atoms with van der Waals surface area (Å²) in [4.78, 5) is 14.6. The summed E-state index contributed by atoms with van der Waals surface area (Å²) < 4.78 is 27.5. The first kappa shape index (κ1) is 21.4. The van der Waals surface area contributed by atoms with E-state index < -0.39 is 16.1 Å². The second-order valence-electron chi connectivity index (χ2n) is 6.68. The van der Waals surface area contributed by atoms with Crippen LogP contribution >= 0.6 is 11.3 Å². The van der Waals surface area contributed by atoms with E-state index in [1.165, 1.54) is 6.07 Å². The standard InChI is InChI=1S/C19H27N3O3S2/c1-15(2)18(21-27(24,25)17-11-7-14-26-17)19(23)20-12-8-13-22(3)16-9-5-4-6-10-16/h4-7,9-11,14-15,18,21H,8,12-13H2,1-3H3,(H,20,23). The lowest BCUT2D eigenvalue weighted by Gasteiger charge is -2.22. The number of sulfonamides is 1. The molecule has 2 N–H and O–H groups in total. The zero-order valence-corrected chi connectivity index (χ0v) is 17.5. The SMILES string of the molecule is CC(C)C(NS(=O)(=O)c1cccs1)C(=O)NCCCN(C)c1ccccc1. The Kier molecular flexibility index (Phi) is 7.82. The van der Waals surface area contributed by atoms with Crippen molar-refractivity contribution in [3.05, 3.63) is 47.8 Å². The van der Waals surface area contributed by atoms with Gasteiger partial charge in [0.25, 0.3) is 10.0 Å². The van der Waals surface area contributed by atoms with E-state index in [2.05, 4.69) is 14.9 Å². The summed E-state index contributed by atoms with van der Waals surface area (Å²) in [7, 11) is -1.68. The van der Waals surface area contributed by atoms with Crippen LogP contribution in [0.4, 0.5) is 5.69 Å². The molecule has 1 heterocycles. The number of amides is 1. The molecule has 2 aromatic rings. The van der Waals surface area contributed by atoms with Crippen LogP contribution in [-0.4, -0.2) is 40.5 Å². The quantitative estimate of drug-likeness (QED) is 0.592. The molecular weight excluding hydrogens is 382 g/mol. The van der Waals surface area contributed by atoms with Crippen LogP contribution < -0.4 is 14.9 Å². The van der Waals surface area contributed by atoms with Crippen molar-refractivity contribution in [1.82, 2.24) is 10.0 Å². The van der Waals surface area contributed by atoms with Crippen LogP contribution in [0.5, 0.6) is 0 Å². The third kappa shape index (κ3) is 6.34. The van der Waals surface area contributed by atoms with E-state index in [1.807, 2.05) is 51.2 Å². The number of para-hydroxylation sites is 1. The fourth-order valence-electron chi connectivity index (χ4n) is 2.58. The number of anilines is 1. The Morgan fingerprint density at radius 2 is 1.85 bits per heavy atom. The summed E-state index contributed by atoms with van der Waals surface area (Å²) in [5, 5.41) is 4.55. The van der Waals surface area contributed by atoms with E-state index in [0.29, 0.717) is 6.54 Å². The molecule has 0 fully saturated rings. The Labute approximate surface area is 165 Å². The number of carbonyl (C=O) groups excluding carboxylic acids is 1. The number of benzene rings is 1. The lowest BCUT2D eigenvalue weighted by molar-refractivity contribution is -0.123. The summed E-state index contributed by atoms with van der Waals surface area (Å²) in [5.41, 5.74) is 1.12. The van der Waals surface area contributed by atoms with Crippen molar-refractivity contribution in [2.24, 2.45) is 5.92 Å². The molecule has 0 saturated heterocycles. The van der Waals surface area contributed by atoms with Gasteiger partial charge in [-0.15, -0.1) is 11.3 Å². The van der Waals surface area contributed by atoms with E-state index in [1.54, 1.807) is 11.4 Å². The minimum Gasteiger partial charge on any atom is -0.375 e. The molecule has 1 aromatic carbocycles. The highest BCUT2D eigenvalue weighted by molar-refractivity contribution is 7.91. The monoisotopic (exact) mass is 409 g/mol. The Morgan fingerprint density at radius 1 is 1.15 bits per heavy atom. The van der Waals surface area contributed by atoms with Gasteiger partial charge >= 0.3 is 0 Å². The lowest BCUT2D eigenvalue weighted by Crippen LogP contribution is -2.49. The molecule has 27 heavy (non-hydrogen) atoms. The minimum absolute atomic E-state index is 0.160. The van der Waals surface area contributed by atoms with Crippen LogP contribution in [0, 0.1) is 5.92 Å². The fraction of sp³-hybridized carbons (Fsp3) is 0.421. The first-order valence-corrected chi connectivity index (χ1v) is 11.3. The van der Waals surface area contributed by atoms with E-state index in [4.69, 9.17) is 0 Å². The molecule has 1 aromatic heterocycles. The summed E-state index contributed by atoms with van der Waals surface area (Å²) in [6.45, 7) is 4.92. The van der Waals surface area contributed by atoms with Crippen LogP contribution in [0.1, 0.15) is 20.3 Å². The highest BCUT2D eigenvalue weighted by Crippen LogP contribution is 2.17. The molecule has 0 aliphatic carbocycles. The Hall–Kier alpha value is -1.90.